The molecule has 18 heavy (non-hydrogen) atoms. The molecule has 0 amide bonds. The summed E-state index contributed by atoms with van der Waals surface area (Å²) in [5.41, 5.74) is 9.50. The summed E-state index contributed by atoms with van der Waals surface area (Å²) in [4.78, 5) is 13.4. The van der Waals surface area contributed by atoms with Gasteiger partial charge in [0.1, 0.15) is 5.69 Å². The molecule has 0 saturated carbocycles. The van der Waals surface area contributed by atoms with Gasteiger partial charge in [-0.1, -0.05) is 6.07 Å². The Morgan fingerprint density at radius 2 is 1.89 bits per heavy atom. The summed E-state index contributed by atoms with van der Waals surface area (Å²) < 4.78 is 0. The van der Waals surface area contributed by atoms with Crippen molar-refractivity contribution < 1.29 is 0 Å². The second kappa shape index (κ2) is 5.23. The topological polar surface area (TPSA) is 64.7 Å². The van der Waals surface area contributed by atoms with E-state index in [9.17, 15) is 0 Å². The first-order chi connectivity index (χ1) is 8.54. The maximum absolute atomic E-state index is 5.81. The van der Waals surface area contributed by atoms with Crippen molar-refractivity contribution in [2.75, 3.05) is 0 Å². The van der Waals surface area contributed by atoms with Crippen molar-refractivity contribution >= 4 is 0 Å². The summed E-state index contributed by atoms with van der Waals surface area (Å²) in [6.07, 6.45) is 0.752. The highest BCUT2D eigenvalue weighted by Gasteiger charge is 2.07. The van der Waals surface area contributed by atoms with Crippen LogP contribution in [0.1, 0.15) is 24.0 Å². The van der Waals surface area contributed by atoms with Crippen molar-refractivity contribution in [2.45, 2.75) is 33.2 Å². The van der Waals surface area contributed by atoms with E-state index >= 15 is 0 Å². The highest BCUT2D eigenvalue weighted by atomic mass is 14.9. The van der Waals surface area contributed by atoms with Crippen molar-refractivity contribution in [1.82, 2.24) is 15.0 Å². The second-order valence-electron chi connectivity index (χ2n) is 4.67. The molecule has 2 N–H and O–H groups in total. The van der Waals surface area contributed by atoms with E-state index in [1.165, 1.54) is 0 Å². The van der Waals surface area contributed by atoms with Crippen LogP contribution in [0.5, 0.6) is 0 Å². The van der Waals surface area contributed by atoms with E-state index in [-0.39, 0.29) is 6.04 Å². The number of hydrogen-bond donors (Lipinski definition) is 1. The van der Waals surface area contributed by atoms with Crippen LogP contribution in [-0.4, -0.2) is 21.0 Å². The molecule has 2 rings (SSSR count). The minimum Gasteiger partial charge on any atom is -0.328 e. The molecule has 0 aliphatic carbocycles. The Hall–Kier alpha value is -1.81. The molecule has 0 fully saturated rings. The fourth-order valence-electron chi connectivity index (χ4n) is 1.85. The molecule has 0 aliphatic rings. The molecular weight excluding hydrogens is 224 g/mol. The van der Waals surface area contributed by atoms with E-state index in [4.69, 9.17) is 5.73 Å². The molecule has 94 valence electrons. The Morgan fingerprint density at radius 3 is 2.56 bits per heavy atom. The zero-order valence-corrected chi connectivity index (χ0v) is 11.0. The van der Waals surface area contributed by atoms with Gasteiger partial charge in [-0.05, 0) is 39.0 Å². The number of rotatable bonds is 3. The monoisotopic (exact) mass is 242 g/mol. The van der Waals surface area contributed by atoms with Crippen LogP contribution >= 0.6 is 0 Å². The standard InChI is InChI=1S/C14H18N4/c1-9(15)7-12-8-11(3)17-14(18-12)13-6-4-5-10(2)16-13/h4-6,8-9H,7,15H2,1-3H3. The van der Waals surface area contributed by atoms with E-state index < -0.39 is 0 Å². The maximum atomic E-state index is 5.81. The lowest BCUT2D eigenvalue weighted by Gasteiger charge is -2.08. The molecule has 1 unspecified atom stereocenters. The lowest BCUT2D eigenvalue weighted by Crippen LogP contribution is -2.19. The molecular formula is C14H18N4. The lowest BCUT2D eigenvalue weighted by molar-refractivity contribution is 0.719. The average Bonchev–Trinajstić information content (AvgIpc) is 2.27. The van der Waals surface area contributed by atoms with Gasteiger partial charge in [0.25, 0.3) is 0 Å². The number of aryl methyl sites for hydroxylation is 2. The highest BCUT2D eigenvalue weighted by Crippen LogP contribution is 2.14. The van der Waals surface area contributed by atoms with Gasteiger partial charge in [-0.2, -0.15) is 0 Å². The molecule has 0 saturated heterocycles. The first kappa shape index (κ1) is 12.6. The molecule has 0 aliphatic heterocycles. The van der Waals surface area contributed by atoms with Crippen molar-refractivity contribution in [1.29, 1.82) is 0 Å². The fourth-order valence-corrected chi connectivity index (χ4v) is 1.85. The Labute approximate surface area is 107 Å². The average molecular weight is 242 g/mol. The van der Waals surface area contributed by atoms with Crippen LogP contribution in [0.15, 0.2) is 24.3 Å². The van der Waals surface area contributed by atoms with E-state index in [0.29, 0.717) is 5.82 Å². The molecule has 2 heterocycles. The summed E-state index contributed by atoms with van der Waals surface area (Å²) in [5, 5.41) is 0. The number of pyridine rings is 1. The van der Waals surface area contributed by atoms with E-state index in [1.807, 2.05) is 45.0 Å². The smallest absolute Gasteiger partial charge is 0.178 e. The van der Waals surface area contributed by atoms with Crippen LogP contribution < -0.4 is 5.73 Å². The van der Waals surface area contributed by atoms with Gasteiger partial charge in [0.15, 0.2) is 5.82 Å². The van der Waals surface area contributed by atoms with E-state index in [0.717, 1.165) is 29.2 Å². The predicted molar refractivity (Wildman–Crippen MR) is 72.1 cm³/mol. The van der Waals surface area contributed by atoms with Crippen LogP contribution in [0.2, 0.25) is 0 Å². The van der Waals surface area contributed by atoms with Crippen molar-refractivity contribution in [3.8, 4) is 11.5 Å². The molecule has 2 aromatic heterocycles. The van der Waals surface area contributed by atoms with Crippen molar-refractivity contribution in [3.63, 3.8) is 0 Å². The molecule has 0 spiro atoms. The van der Waals surface area contributed by atoms with Crippen LogP contribution in [0.3, 0.4) is 0 Å². The third kappa shape index (κ3) is 3.11. The Kier molecular flexibility index (Phi) is 3.67. The van der Waals surface area contributed by atoms with Gasteiger partial charge in [0.2, 0.25) is 0 Å². The predicted octanol–water partition coefficient (Wildman–Crippen LogP) is 2.05. The normalized spacial score (nSPS) is 12.4. The third-order valence-electron chi connectivity index (χ3n) is 2.56. The zero-order chi connectivity index (χ0) is 13.1. The first-order valence-corrected chi connectivity index (χ1v) is 6.09. The lowest BCUT2D eigenvalue weighted by atomic mass is 10.1. The Morgan fingerprint density at radius 1 is 1.11 bits per heavy atom. The molecule has 0 bridgehead atoms. The highest BCUT2D eigenvalue weighted by molar-refractivity contribution is 5.49. The van der Waals surface area contributed by atoms with Gasteiger partial charge >= 0.3 is 0 Å². The number of nitrogens with two attached hydrogens (primary N) is 1. The van der Waals surface area contributed by atoms with Crippen LogP contribution in [0.25, 0.3) is 11.5 Å². The summed E-state index contributed by atoms with van der Waals surface area (Å²) >= 11 is 0. The Balaban J connectivity index is 2.41. The molecule has 1 atom stereocenters. The number of hydrogen-bond acceptors (Lipinski definition) is 4. The molecule has 0 radical (unpaired) electrons. The number of aromatic nitrogens is 3. The van der Waals surface area contributed by atoms with Crippen LogP contribution in [0.4, 0.5) is 0 Å². The molecule has 4 nitrogen and oxygen atoms in total. The molecule has 4 heteroatoms. The Bertz CT molecular complexity index is 549. The van der Waals surface area contributed by atoms with Crippen molar-refractivity contribution in [3.05, 3.63) is 41.3 Å². The van der Waals surface area contributed by atoms with Crippen molar-refractivity contribution in [2.24, 2.45) is 5.73 Å². The summed E-state index contributed by atoms with van der Waals surface area (Å²) in [7, 11) is 0. The van der Waals surface area contributed by atoms with Crippen LogP contribution in [0, 0.1) is 13.8 Å². The fraction of sp³-hybridized carbons (Fsp3) is 0.357. The summed E-state index contributed by atoms with van der Waals surface area (Å²) in [6.45, 7) is 5.90. The quantitative estimate of drug-likeness (QED) is 0.894. The minimum absolute atomic E-state index is 0.0950. The second-order valence-corrected chi connectivity index (χ2v) is 4.67. The largest absolute Gasteiger partial charge is 0.328 e. The minimum atomic E-state index is 0.0950. The molecule has 2 aromatic rings. The van der Waals surface area contributed by atoms with Gasteiger partial charge in [-0.15, -0.1) is 0 Å². The maximum Gasteiger partial charge on any atom is 0.178 e. The van der Waals surface area contributed by atoms with E-state index in [1.54, 1.807) is 0 Å². The van der Waals surface area contributed by atoms with E-state index in [2.05, 4.69) is 15.0 Å². The third-order valence-corrected chi connectivity index (χ3v) is 2.56. The number of nitrogens with zero attached hydrogens (tertiary/aromatic N) is 3. The summed E-state index contributed by atoms with van der Waals surface area (Å²) in [6, 6.07) is 7.93. The molecule has 0 aromatic carbocycles. The first-order valence-electron chi connectivity index (χ1n) is 6.09. The van der Waals surface area contributed by atoms with Gasteiger partial charge in [0.05, 0.1) is 0 Å². The van der Waals surface area contributed by atoms with Gasteiger partial charge in [-0.25, -0.2) is 15.0 Å². The SMILES string of the molecule is Cc1cccc(-c2nc(C)cc(CC(C)N)n2)n1. The van der Waals surface area contributed by atoms with Gasteiger partial charge in [-0.3, -0.25) is 0 Å². The van der Waals surface area contributed by atoms with Gasteiger partial charge < -0.3 is 5.73 Å². The van der Waals surface area contributed by atoms with Gasteiger partial charge in [0, 0.05) is 29.5 Å². The summed E-state index contributed by atoms with van der Waals surface area (Å²) in [5.74, 6) is 0.675. The zero-order valence-electron chi connectivity index (χ0n) is 11.0. The van der Waals surface area contributed by atoms with Crippen LogP contribution in [-0.2, 0) is 6.42 Å².